The van der Waals surface area contributed by atoms with Gasteiger partial charge in [-0.15, -0.1) is 17.9 Å². The molecule has 0 fully saturated rings. The Bertz CT molecular complexity index is 874. The predicted molar refractivity (Wildman–Crippen MR) is 97.5 cm³/mol. The van der Waals surface area contributed by atoms with Crippen molar-refractivity contribution in [3.05, 3.63) is 71.5 Å². The zero-order valence-corrected chi connectivity index (χ0v) is 14.3. The van der Waals surface area contributed by atoms with Crippen LogP contribution in [0.2, 0.25) is 0 Å². The van der Waals surface area contributed by atoms with E-state index in [9.17, 15) is 9.18 Å². The van der Waals surface area contributed by atoms with E-state index >= 15 is 0 Å². The van der Waals surface area contributed by atoms with Crippen molar-refractivity contribution in [3.8, 4) is 5.75 Å². The Hall–Kier alpha value is -2.73. The van der Waals surface area contributed by atoms with Gasteiger partial charge >= 0.3 is 0 Å². The first kappa shape index (κ1) is 17.1. The summed E-state index contributed by atoms with van der Waals surface area (Å²) in [5.41, 5.74) is 0.378. The van der Waals surface area contributed by atoms with Crippen LogP contribution in [-0.4, -0.2) is 17.5 Å². The molecule has 1 amide bonds. The Kier molecular flexibility index (Phi) is 5.40. The number of nitrogens with zero attached hydrogens (tertiary/aromatic N) is 1. The number of pyridine rings is 1. The van der Waals surface area contributed by atoms with Gasteiger partial charge in [-0.2, -0.15) is 0 Å². The Morgan fingerprint density at radius 1 is 1.36 bits per heavy atom. The highest BCUT2D eigenvalue weighted by Crippen LogP contribution is 2.24. The van der Waals surface area contributed by atoms with Crippen molar-refractivity contribution < 1.29 is 13.9 Å². The van der Waals surface area contributed by atoms with Crippen LogP contribution in [0.4, 0.5) is 4.39 Å². The number of ether oxygens (including phenoxy) is 1. The van der Waals surface area contributed by atoms with Crippen LogP contribution >= 0.6 is 11.3 Å². The van der Waals surface area contributed by atoms with E-state index in [4.69, 9.17) is 4.74 Å². The monoisotopic (exact) mass is 356 g/mol. The van der Waals surface area contributed by atoms with Crippen LogP contribution in [0.1, 0.15) is 21.7 Å². The summed E-state index contributed by atoms with van der Waals surface area (Å²) in [6, 6.07) is 10.4. The number of hydrogen-bond acceptors (Lipinski definition) is 4. The molecule has 0 aliphatic heterocycles. The lowest BCUT2D eigenvalue weighted by Crippen LogP contribution is -2.22. The normalized spacial score (nSPS) is 10.6. The van der Waals surface area contributed by atoms with Gasteiger partial charge in [0.1, 0.15) is 4.83 Å². The minimum absolute atomic E-state index is 0.0883. The molecule has 1 N–H and O–H groups in total. The first-order chi connectivity index (χ1) is 12.2. The van der Waals surface area contributed by atoms with Gasteiger partial charge in [-0.3, -0.25) is 4.79 Å². The van der Waals surface area contributed by atoms with Crippen molar-refractivity contribution in [1.82, 2.24) is 10.3 Å². The molecule has 3 rings (SSSR count). The van der Waals surface area contributed by atoms with Gasteiger partial charge in [0.05, 0.1) is 11.5 Å². The lowest BCUT2D eigenvalue weighted by molar-refractivity contribution is 0.0954. The molecular formula is C19H17FN2O2S. The standard InChI is InChI=1S/C19H17FN2O2S/c1-2-3-10-24-15-8-4-6-14(17(15)20)12-22-18(23)16-11-13-7-5-9-21-19(13)25-16/h2,4-9,11H,1,3,10,12H2,(H,22,23). The molecule has 2 aromatic heterocycles. The third-order valence-electron chi connectivity index (χ3n) is 3.58. The summed E-state index contributed by atoms with van der Waals surface area (Å²) in [5, 5.41) is 3.66. The van der Waals surface area contributed by atoms with Crippen LogP contribution in [0.3, 0.4) is 0 Å². The van der Waals surface area contributed by atoms with Crippen molar-refractivity contribution >= 4 is 27.5 Å². The minimum atomic E-state index is -0.454. The van der Waals surface area contributed by atoms with Crippen LogP contribution in [-0.2, 0) is 6.54 Å². The van der Waals surface area contributed by atoms with Crippen LogP contribution < -0.4 is 10.1 Å². The summed E-state index contributed by atoms with van der Waals surface area (Å²) >= 11 is 1.31. The van der Waals surface area contributed by atoms with Gasteiger partial charge in [-0.25, -0.2) is 9.37 Å². The van der Waals surface area contributed by atoms with Crippen LogP contribution in [0.5, 0.6) is 5.75 Å². The third-order valence-corrected chi connectivity index (χ3v) is 4.64. The topological polar surface area (TPSA) is 51.2 Å². The van der Waals surface area contributed by atoms with E-state index in [1.54, 1.807) is 36.5 Å². The second-order valence-electron chi connectivity index (χ2n) is 5.35. The summed E-state index contributed by atoms with van der Waals surface area (Å²) in [6.45, 7) is 4.05. The molecule has 2 heterocycles. The van der Waals surface area contributed by atoms with E-state index in [2.05, 4.69) is 16.9 Å². The molecule has 25 heavy (non-hydrogen) atoms. The highest BCUT2D eigenvalue weighted by molar-refractivity contribution is 7.20. The molecule has 0 saturated heterocycles. The number of benzene rings is 1. The number of thiophene rings is 1. The highest BCUT2D eigenvalue weighted by atomic mass is 32.1. The number of fused-ring (bicyclic) bond motifs is 1. The van der Waals surface area contributed by atoms with E-state index in [-0.39, 0.29) is 18.2 Å². The summed E-state index contributed by atoms with van der Waals surface area (Å²) in [6.07, 6.45) is 4.04. The van der Waals surface area contributed by atoms with Gasteiger partial charge in [0, 0.05) is 23.7 Å². The lowest BCUT2D eigenvalue weighted by Gasteiger charge is -2.10. The van der Waals surface area contributed by atoms with Crippen LogP contribution in [0.25, 0.3) is 10.2 Å². The molecule has 0 spiro atoms. The zero-order valence-electron chi connectivity index (χ0n) is 13.5. The molecule has 6 heteroatoms. The largest absolute Gasteiger partial charge is 0.490 e. The third kappa shape index (κ3) is 4.03. The zero-order chi connectivity index (χ0) is 17.6. The number of rotatable bonds is 7. The molecule has 0 aliphatic rings. The van der Waals surface area contributed by atoms with Crippen LogP contribution in [0.15, 0.2) is 55.3 Å². The number of hydrogen-bond donors (Lipinski definition) is 1. The van der Waals surface area contributed by atoms with Crippen molar-refractivity contribution in [2.24, 2.45) is 0 Å². The molecule has 0 atom stereocenters. The average molecular weight is 356 g/mol. The fraction of sp³-hybridized carbons (Fsp3) is 0.158. The Morgan fingerprint density at radius 2 is 2.24 bits per heavy atom. The number of carbonyl (C=O) groups excluding carboxylic acids is 1. The molecule has 0 saturated carbocycles. The Balaban J connectivity index is 1.67. The molecule has 0 bridgehead atoms. The first-order valence-electron chi connectivity index (χ1n) is 7.83. The SMILES string of the molecule is C=CCCOc1cccc(CNC(=O)c2cc3cccnc3s2)c1F. The predicted octanol–water partition coefficient (Wildman–Crippen LogP) is 4.32. The number of aromatic nitrogens is 1. The Morgan fingerprint density at radius 3 is 3.04 bits per heavy atom. The fourth-order valence-electron chi connectivity index (χ4n) is 2.30. The summed E-state index contributed by atoms with van der Waals surface area (Å²) in [5.74, 6) is -0.523. The van der Waals surface area contributed by atoms with Gasteiger partial charge in [-0.1, -0.05) is 24.3 Å². The van der Waals surface area contributed by atoms with Gasteiger partial charge < -0.3 is 10.1 Å². The summed E-state index contributed by atoms with van der Waals surface area (Å²) in [7, 11) is 0. The van der Waals surface area contributed by atoms with E-state index in [1.807, 2.05) is 12.1 Å². The van der Waals surface area contributed by atoms with Crippen molar-refractivity contribution in [2.45, 2.75) is 13.0 Å². The second kappa shape index (κ2) is 7.90. The molecule has 0 aliphatic carbocycles. The van der Waals surface area contributed by atoms with Crippen LogP contribution in [0, 0.1) is 5.82 Å². The number of amides is 1. The van der Waals surface area contributed by atoms with E-state index in [1.165, 1.54) is 11.3 Å². The van der Waals surface area contributed by atoms with E-state index in [0.29, 0.717) is 23.5 Å². The number of nitrogens with one attached hydrogen (secondary N) is 1. The summed E-state index contributed by atoms with van der Waals surface area (Å²) < 4.78 is 19.8. The average Bonchev–Trinajstić information content (AvgIpc) is 3.06. The maximum absolute atomic E-state index is 14.4. The second-order valence-corrected chi connectivity index (χ2v) is 6.38. The van der Waals surface area contributed by atoms with E-state index < -0.39 is 5.82 Å². The van der Waals surface area contributed by atoms with Gasteiger partial charge in [-0.05, 0) is 24.6 Å². The molecule has 128 valence electrons. The van der Waals surface area contributed by atoms with Crippen molar-refractivity contribution in [1.29, 1.82) is 0 Å². The summed E-state index contributed by atoms with van der Waals surface area (Å²) in [4.78, 5) is 17.9. The number of carbonyl (C=O) groups is 1. The van der Waals surface area contributed by atoms with Gasteiger partial charge in [0.15, 0.2) is 11.6 Å². The van der Waals surface area contributed by atoms with Gasteiger partial charge in [0.2, 0.25) is 0 Å². The fourth-order valence-corrected chi connectivity index (χ4v) is 3.22. The maximum atomic E-state index is 14.4. The first-order valence-corrected chi connectivity index (χ1v) is 8.64. The molecule has 3 aromatic rings. The van der Waals surface area contributed by atoms with Gasteiger partial charge in [0.25, 0.3) is 5.91 Å². The molecule has 1 aromatic carbocycles. The molecular weight excluding hydrogens is 339 g/mol. The number of halogens is 1. The quantitative estimate of drug-likeness (QED) is 0.507. The molecule has 4 nitrogen and oxygen atoms in total. The smallest absolute Gasteiger partial charge is 0.261 e. The Labute approximate surface area is 149 Å². The molecule has 0 radical (unpaired) electrons. The minimum Gasteiger partial charge on any atom is -0.490 e. The lowest BCUT2D eigenvalue weighted by atomic mass is 10.2. The van der Waals surface area contributed by atoms with Crippen molar-refractivity contribution in [3.63, 3.8) is 0 Å². The van der Waals surface area contributed by atoms with Crippen molar-refractivity contribution in [2.75, 3.05) is 6.61 Å². The van der Waals surface area contributed by atoms with E-state index in [0.717, 1.165) is 10.2 Å². The highest BCUT2D eigenvalue weighted by Gasteiger charge is 2.13. The maximum Gasteiger partial charge on any atom is 0.261 e. The molecule has 0 unspecified atom stereocenters.